The van der Waals surface area contributed by atoms with Gasteiger partial charge in [0, 0.05) is 0 Å². The van der Waals surface area contributed by atoms with Crippen molar-refractivity contribution in [2.24, 2.45) is 0 Å². The fraction of sp³-hybridized carbons (Fsp3) is 0.290. The maximum absolute atomic E-state index is 2.46. The number of rotatable bonds is 5. The second-order valence-corrected chi connectivity index (χ2v) is 9.01. The summed E-state index contributed by atoms with van der Waals surface area (Å²) in [7, 11) is 0. The Morgan fingerprint density at radius 3 is 2.19 bits per heavy atom. The third-order valence-corrected chi connectivity index (χ3v) is 6.87. The summed E-state index contributed by atoms with van der Waals surface area (Å²) in [5.74, 6) is 0.525. The Bertz CT molecular complexity index is 1160. The lowest BCUT2D eigenvalue weighted by molar-refractivity contribution is 0.731. The molecule has 0 fully saturated rings. The minimum atomic E-state index is 0.525. The Labute approximate surface area is 188 Å². The molecule has 0 heterocycles. The molecule has 0 N–H and O–H groups in total. The Balaban J connectivity index is 1.91. The van der Waals surface area contributed by atoms with Crippen LogP contribution in [0.15, 0.2) is 78.4 Å². The van der Waals surface area contributed by atoms with Gasteiger partial charge in [-0.15, -0.1) is 0 Å². The molecule has 1 unspecified atom stereocenters. The number of aryl methyl sites for hydroxylation is 2. The van der Waals surface area contributed by atoms with Crippen LogP contribution in [-0.2, 0) is 0 Å². The summed E-state index contributed by atoms with van der Waals surface area (Å²) < 4.78 is 0. The van der Waals surface area contributed by atoms with E-state index in [0.29, 0.717) is 5.92 Å². The van der Waals surface area contributed by atoms with E-state index in [2.05, 4.69) is 107 Å². The van der Waals surface area contributed by atoms with Gasteiger partial charge in [-0.25, -0.2) is 0 Å². The topological polar surface area (TPSA) is 0 Å². The largest absolute Gasteiger partial charge is 0.0807 e. The fourth-order valence-electron chi connectivity index (χ4n) is 4.84. The maximum atomic E-state index is 2.46. The Hall–Kier alpha value is -2.86. The standard InChI is InChI=1S/C31H34/c1-6-21(2)30-20-25(18-19-29(30)26-15-9-7-12-22(26)3)28-17-11-14-24(5)31(28)27-16-10-8-13-23(27)4/h8,10-21H,6-7,9H2,1-5H3. The summed E-state index contributed by atoms with van der Waals surface area (Å²) in [4.78, 5) is 0. The van der Waals surface area contributed by atoms with Crippen LogP contribution in [0.5, 0.6) is 0 Å². The molecular weight excluding hydrogens is 372 g/mol. The van der Waals surface area contributed by atoms with Crippen molar-refractivity contribution in [3.63, 3.8) is 0 Å². The first-order chi connectivity index (χ1) is 15.0. The summed E-state index contributed by atoms with van der Waals surface area (Å²) in [6.07, 6.45) is 8.27. The molecule has 0 aliphatic heterocycles. The zero-order valence-electron chi connectivity index (χ0n) is 19.6. The molecule has 158 valence electrons. The quantitative estimate of drug-likeness (QED) is 0.396. The zero-order valence-corrected chi connectivity index (χ0v) is 19.6. The molecule has 1 aliphatic rings. The van der Waals surface area contributed by atoms with Gasteiger partial charge in [0.15, 0.2) is 0 Å². The molecule has 0 heteroatoms. The van der Waals surface area contributed by atoms with Gasteiger partial charge >= 0.3 is 0 Å². The minimum absolute atomic E-state index is 0.525. The number of hydrogen-bond acceptors (Lipinski definition) is 0. The summed E-state index contributed by atoms with van der Waals surface area (Å²) >= 11 is 0. The van der Waals surface area contributed by atoms with Gasteiger partial charge in [-0.3, -0.25) is 0 Å². The molecule has 0 amide bonds. The predicted molar refractivity (Wildman–Crippen MR) is 136 cm³/mol. The molecule has 4 rings (SSSR count). The van der Waals surface area contributed by atoms with Crippen molar-refractivity contribution in [2.45, 2.75) is 59.8 Å². The summed E-state index contributed by atoms with van der Waals surface area (Å²) in [6.45, 7) is 11.4. The Morgan fingerprint density at radius 1 is 0.742 bits per heavy atom. The van der Waals surface area contributed by atoms with Gasteiger partial charge in [0.25, 0.3) is 0 Å². The maximum Gasteiger partial charge on any atom is -0.00735 e. The molecule has 0 saturated heterocycles. The molecule has 1 aliphatic carbocycles. The molecule has 0 radical (unpaired) electrons. The van der Waals surface area contributed by atoms with E-state index in [0.717, 1.165) is 19.3 Å². The molecule has 1 atom stereocenters. The van der Waals surface area contributed by atoms with Gasteiger partial charge in [0.2, 0.25) is 0 Å². The smallest absolute Gasteiger partial charge is 0.00735 e. The first kappa shape index (κ1) is 21.4. The van der Waals surface area contributed by atoms with Crippen LogP contribution in [-0.4, -0.2) is 0 Å². The van der Waals surface area contributed by atoms with Gasteiger partial charge in [-0.05, 0) is 102 Å². The minimum Gasteiger partial charge on any atom is -0.0807 e. The van der Waals surface area contributed by atoms with Crippen LogP contribution in [0.25, 0.3) is 27.8 Å². The Kier molecular flexibility index (Phi) is 6.28. The van der Waals surface area contributed by atoms with Crippen LogP contribution in [0.2, 0.25) is 0 Å². The van der Waals surface area contributed by atoms with Crippen molar-refractivity contribution in [2.75, 3.05) is 0 Å². The summed E-state index contributed by atoms with van der Waals surface area (Å²) in [6, 6.07) is 22.6. The molecule has 0 spiro atoms. The molecule has 0 bridgehead atoms. The monoisotopic (exact) mass is 406 g/mol. The van der Waals surface area contributed by atoms with Crippen LogP contribution in [0.4, 0.5) is 0 Å². The van der Waals surface area contributed by atoms with Gasteiger partial charge in [0.05, 0.1) is 0 Å². The van der Waals surface area contributed by atoms with Gasteiger partial charge in [-0.1, -0.05) is 86.7 Å². The molecule has 0 aromatic heterocycles. The molecule has 3 aromatic carbocycles. The Morgan fingerprint density at radius 2 is 1.45 bits per heavy atom. The second kappa shape index (κ2) is 9.10. The zero-order chi connectivity index (χ0) is 22.0. The molecule has 0 nitrogen and oxygen atoms in total. The molecule has 31 heavy (non-hydrogen) atoms. The highest BCUT2D eigenvalue weighted by Gasteiger charge is 2.18. The number of allylic oxidation sites excluding steroid dienone is 4. The highest BCUT2D eigenvalue weighted by atomic mass is 14.2. The van der Waals surface area contributed by atoms with Crippen molar-refractivity contribution in [3.05, 3.63) is 101 Å². The van der Waals surface area contributed by atoms with E-state index in [4.69, 9.17) is 0 Å². The van der Waals surface area contributed by atoms with Crippen LogP contribution in [0.1, 0.15) is 68.2 Å². The third-order valence-electron chi connectivity index (χ3n) is 6.87. The van der Waals surface area contributed by atoms with Crippen LogP contribution < -0.4 is 0 Å². The summed E-state index contributed by atoms with van der Waals surface area (Å²) in [5, 5.41) is 0. The van der Waals surface area contributed by atoms with E-state index < -0.39 is 0 Å². The first-order valence-electron chi connectivity index (χ1n) is 11.7. The van der Waals surface area contributed by atoms with E-state index in [1.807, 2.05) is 0 Å². The van der Waals surface area contributed by atoms with Crippen LogP contribution in [0, 0.1) is 13.8 Å². The lowest BCUT2D eigenvalue weighted by Crippen LogP contribution is -2.02. The highest BCUT2D eigenvalue weighted by molar-refractivity contribution is 5.89. The second-order valence-electron chi connectivity index (χ2n) is 9.01. The van der Waals surface area contributed by atoms with Gasteiger partial charge < -0.3 is 0 Å². The normalized spacial score (nSPS) is 14.7. The number of hydrogen-bond donors (Lipinski definition) is 0. The van der Waals surface area contributed by atoms with Crippen LogP contribution >= 0.6 is 0 Å². The lowest BCUT2D eigenvalue weighted by atomic mass is 9.82. The highest BCUT2D eigenvalue weighted by Crippen LogP contribution is 2.40. The van der Waals surface area contributed by atoms with Crippen molar-refractivity contribution >= 4 is 5.57 Å². The lowest BCUT2D eigenvalue weighted by Gasteiger charge is -2.22. The van der Waals surface area contributed by atoms with Gasteiger partial charge in [-0.2, -0.15) is 0 Å². The molecule has 0 saturated carbocycles. The fourth-order valence-corrected chi connectivity index (χ4v) is 4.84. The van der Waals surface area contributed by atoms with Crippen molar-refractivity contribution in [1.29, 1.82) is 0 Å². The molecule has 3 aromatic rings. The van der Waals surface area contributed by atoms with Crippen LogP contribution in [0.3, 0.4) is 0 Å². The van der Waals surface area contributed by atoms with E-state index in [1.165, 1.54) is 55.7 Å². The van der Waals surface area contributed by atoms with E-state index in [9.17, 15) is 0 Å². The van der Waals surface area contributed by atoms with Gasteiger partial charge in [0.1, 0.15) is 0 Å². The average molecular weight is 407 g/mol. The average Bonchev–Trinajstić information content (AvgIpc) is 2.79. The SMILES string of the molecule is CCC(C)c1cc(-c2cccc(C)c2-c2ccccc2C)ccc1C1=CCCC=C1C. The van der Waals surface area contributed by atoms with E-state index in [1.54, 1.807) is 0 Å². The van der Waals surface area contributed by atoms with E-state index >= 15 is 0 Å². The molecular formula is C31H34. The summed E-state index contributed by atoms with van der Waals surface area (Å²) in [5.41, 5.74) is 13.7. The first-order valence-corrected chi connectivity index (χ1v) is 11.7. The van der Waals surface area contributed by atoms with Crippen molar-refractivity contribution < 1.29 is 0 Å². The van der Waals surface area contributed by atoms with E-state index in [-0.39, 0.29) is 0 Å². The predicted octanol–water partition coefficient (Wildman–Crippen LogP) is 9.27. The van der Waals surface area contributed by atoms with Crippen molar-refractivity contribution in [1.82, 2.24) is 0 Å². The van der Waals surface area contributed by atoms with Crippen molar-refractivity contribution in [3.8, 4) is 22.3 Å². The third kappa shape index (κ3) is 4.17. The number of benzene rings is 3.